The Labute approximate surface area is 228 Å². The number of nitrogens with one attached hydrogen (secondary N) is 1. The zero-order valence-corrected chi connectivity index (χ0v) is 21.3. The van der Waals surface area contributed by atoms with E-state index in [0.717, 1.165) is 22.9 Å². The number of aliphatic carboxylic acids is 1. The molecule has 0 aliphatic carbocycles. The third-order valence-electron chi connectivity index (χ3n) is 6.46. The van der Waals surface area contributed by atoms with Crippen LogP contribution < -0.4 is 5.31 Å². The lowest BCUT2D eigenvalue weighted by Crippen LogP contribution is -2.59. The summed E-state index contributed by atoms with van der Waals surface area (Å²) in [4.78, 5) is 25.0. The van der Waals surface area contributed by atoms with Gasteiger partial charge in [-0.25, -0.2) is 18.3 Å². The molecule has 2 heterocycles. The maximum atomic E-state index is 14.1. The van der Waals surface area contributed by atoms with Gasteiger partial charge in [0.2, 0.25) is 11.7 Å². The van der Waals surface area contributed by atoms with Gasteiger partial charge in [0.05, 0.1) is 18.7 Å². The summed E-state index contributed by atoms with van der Waals surface area (Å²) in [5, 5.41) is 55.5. The fraction of sp³-hybridized carbons (Fsp3) is 0.333. The summed E-state index contributed by atoms with van der Waals surface area (Å²) in [6.07, 6.45) is -4.59. The molecule has 1 aliphatic rings. The van der Waals surface area contributed by atoms with Gasteiger partial charge in [0, 0.05) is 22.9 Å². The van der Waals surface area contributed by atoms with E-state index < -0.39 is 72.2 Å². The van der Waals surface area contributed by atoms with Crippen molar-refractivity contribution in [2.24, 2.45) is 5.92 Å². The number of amides is 1. The number of carboxylic acids is 1. The minimum atomic E-state index is -1.98. The summed E-state index contributed by atoms with van der Waals surface area (Å²) >= 11 is 0. The van der Waals surface area contributed by atoms with E-state index in [1.54, 1.807) is 0 Å². The van der Waals surface area contributed by atoms with Crippen LogP contribution in [0.1, 0.15) is 25.6 Å². The molecule has 210 valence electrons. The van der Waals surface area contributed by atoms with Gasteiger partial charge in [-0.05, 0) is 29.8 Å². The van der Waals surface area contributed by atoms with E-state index in [1.165, 1.54) is 32.0 Å². The summed E-state index contributed by atoms with van der Waals surface area (Å²) in [5.74, 6) is -5.54. The van der Waals surface area contributed by atoms with Crippen LogP contribution >= 0.6 is 0 Å². The van der Waals surface area contributed by atoms with Crippen LogP contribution in [0.25, 0.3) is 22.0 Å². The highest BCUT2D eigenvalue weighted by molar-refractivity contribution is 5.96. The predicted octanol–water partition coefficient (Wildman–Crippen LogP) is 1.62. The molecule has 2 aromatic carbocycles. The number of nitrogens with zero attached hydrogens (tertiary/aromatic N) is 3. The van der Waals surface area contributed by atoms with Gasteiger partial charge < -0.3 is 30.5 Å². The van der Waals surface area contributed by atoms with Crippen LogP contribution in [0.4, 0.5) is 8.78 Å². The van der Waals surface area contributed by atoms with E-state index >= 15 is 0 Å². The summed E-state index contributed by atoms with van der Waals surface area (Å²) in [6, 6.07) is 6.34. The zero-order chi connectivity index (χ0) is 30.2. The van der Waals surface area contributed by atoms with Crippen LogP contribution in [-0.2, 0) is 14.3 Å². The molecule has 5 atom stereocenters. The van der Waals surface area contributed by atoms with Crippen LogP contribution in [-0.4, -0.2) is 73.0 Å². The third kappa shape index (κ3) is 5.37. The smallest absolute Gasteiger partial charge is 0.370 e. The Balaban J connectivity index is 2.01. The van der Waals surface area contributed by atoms with Crippen molar-refractivity contribution in [2.75, 3.05) is 6.61 Å². The average Bonchev–Trinajstić information content (AvgIpc) is 3.32. The lowest BCUT2D eigenvalue weighted by atomic mass is 9.91. The lowest BCUT2D eigenvalue weighted by Gasteiger charge is -2.40. The van der Waals surface area contributed by atoms with Crippen molar-refractivity contribution >= 4 is 22.8 Å². The number of nitriles is 1. The first-order valence-corrected chi connectivity index (χ1v) is 12.2. The van der Waals surface area contributed by atoms with E-state index in [1.807, 2.05) is 6.07 Å². The average molecular weight is 558 g/mol. The van der Waals surface area contributed by atoms with Gasteiger partial charge >= 0.3 is 5.97 Å². The van der Waals surface area contributed by atoms with E-state index in [2.05, 4.69) is 5.10 Å². The summed E-state index contributed by atoms with van der Waals surface area (Å²) in [6.45, 7) is 2.05. The monoisotopic (exact) mass is 557 g/mol. The Hall–Kier alpha value is -4.38. The Morgan fingerprint density at radius 3 is 2.50 bits per heavy atom. The van der Waals surface area contributed by atoms with Gasteiger partial charge in [0.15, 0.2) is 1.41 Å². The van der Waals surface area contributed by atoms with E-state index in [0.29, 0.717) is 11.4 Å². The van der Waals surface area contributed by atoms with Crippen molar-refractivity contribution < 1.29 is 44.9 Å². The number of halogens is 2. The molecule has 4 rings (SSSR count). The molecular weight excluding hydrogens is 530 g/mol. The van der Waals surface area contributed by atoms with Gasteiger partial charge in [-0.3, -0.25) is 4.79 Å². The number of aromatic nitrogens is 2. The van der Waals surface area contributed by atoms with Gasteiger partial charge in [-0.15, -0.1) is 0 Å². The number of aliphatic hydroxyl groups excluding tert-OH is 3. The summed E-state index contributed by atoms with van der Waals surface area (Å²) in [7, 11) is 0. The number of hydrogen-bond donors (Lipinski definition) is 5. The van der Waals surface area contributed by atoms with Gasteiger partial charge in [0.1, 0.15) is 47.2 Å². The second-order valence-electron chi connectivity index (χ2n) is 9.53. The van der Waals surface area contributed by atoms with Crippen LogP contribution in [0.3, 0.4) is 0 Å². The SMILES string of the molecule is [2H]N(C(=O)C(C)C)[C@H]1[C@H]([C@H](O)[C@H](O)CO)OC(C(=O)O)=C[C@@H]1n1nc2c(-c3cc(F)cc(F)c3)cccc2c1C#N. The van der Waals surface area contributed by atoms with Crippen molar-refractivity contribution in [3.05, 3.63) is 65.6 Å². The molecule has 0 fully saturated rings. The molecule has 0 unspecified atom stereocenters. The molecule has 40 heavy (non-hydrogen) atoms. The van der Waals surface area contributed by atoms with Crippen LogP contribution in [0.5, 0.6) is 0 Å². The molecule has 1 aliphatic heterocycles. The van der Waals surface area contributed by atoms with Crippen molar-refractivity contribution in [3.8, 4) is 17.2 Å². The zero-order valence-electron chi connectivity index (χ0n) is 22.3. The Morgan fingerprint density at radius 1 is 1.25 bits per heavy atom. The standard InChI is InChI=1S/C27H26F2N4O7/c1-12(2)26(37)31-23-18(9-21(27(38)39)40-25(23)24(36)20(35)11-34)33-19(10-30)17-5-3-4-16(22(17)32-33)13-6-14(28)8-15(29)7-13/h3-9,12,18,20,23-25,34-36H,11H2,1-2H3,(H,31,37)(H,38,39)/t18-,20+,23+,24+,25+/m0/s1/i/hD. The number of benzene rings is 2. The Morgan fingerprint density at radius 2 is 1.93 bits per heavy atom. The van der Waals surface area contributed by atoms with Crippen molar-refractivity contribution in [3.63, 3.8) is 0 Å². The van der Waals surface area contributed by atoms with Crippen LogP contribution in [0.15, 0.2) is 48.2 Å². The first-order chi connectivity index (χ1) is 19.4. The Kier molecular flexibility index (Phi) is 7.74. The van der Waals surface area contributed by atoms with Gasteiger partial charge in [-0.1, -0.05) is 26.0 Å². The first-order valence-electron chi connectivity index (χ1n) is 12.6. The maximum Gasteiger partial charge on any atom is 0.370 e. The largest absolute Gasteiger partial charge is 0.478 e. The van der Waals surface area contributed by atoms with Crippen molar-refractivity contribution in [2.45, 2.75) is 44.2 Å². The predicted molar refractivity (Wildman–Crippen MR) is 135 cm³/mol. The van der Waals surface area contributed by atoms with E-state index in [-0.39, 0.29) is 27.7 Å². The number of carbonyl (C=O) groups is 2. The fourth-order valence-electron chi connectivity index (χ4n) is 4.48. The third-order valence-corrected chi connectivity index (χ3v) is 6.46. The molecule has 0 saturated heterocycles. The highest BCUT2D eigenvalue weighted by Crippen LogP contribution is 2.36. The lowest BCUT2D eigenvalue weighted by molar-refractivity contribution is -0.147. The highest BCUT2D eigenvalue weighted by atomic mass is 19.1. The molecular formula is C27H26F2N4O7. The second kappa shape index (κ2) is 11.4. The van der Waals surface area contributed by atoms with Crippen molar-refractivity contribution in [1.29, 1.82) is 5.26 Å². The number of aliphatic hydroxyl groups is 3. The fourth-order valence-corrected chi connectivity index (χ4v) is 4.48. The van der Waals surface area contributed by atoms with Crippen LogP contribution in [0, 0.1) is 28.9 Å². The molecule has 13 heteroatoms. The van der Waals surface area contributed by atoms with E-state index in [9.17, 15) is 44.1 Å². The highest BCUT2D eigenvalue weighted by Gasteiger charge is 2.45. The number of rotatable bonds is 8. The van der Waals surface area contributed by atoms with Gasteiger partial charge in [-0.2, -0.15) is 10.4 Å². The summed E-state index contributed by atoms with van der Waals surface area (Å²) < 4.78 is 43.2. The Bertz CT molecular complexity index is 1550. The van der Waals surface area contributed by atoms with Crippen molar-refractivity contribution in [1.82, 2.24) is 15.1 Å². The number of carboxylic acid groups (broad SMARTS) is 1. The van der Waals surface area contributed by atoms with E-state index in [4.69, 9.17) is 6.15 Å². The molecule has 5 N–H and O–H groups in total. The molecule has 0 radical (unpaired) electrons. The number of ether oxygens (including phenoxy) is 1. The molecule has 0 bridgehead atoms. The quantitative estimate of drug-likeness (QED) is 0.275. The molecule has 1 amide bonds. The number of fused-ring (bicyclic) bond motifs is 1. The molecule has 0 spiro atoms. The topological polar surface area (TPSA) is 178 Å². The van der Waals surface area contributed by atoms with Crippen LogP contribution in [0.2, 0.25) is 1.41 Å². The van der Waals surface area contributed by atoms with Gasteiger partial charge in [0.25, 0.3) is 0 Å². The normalized spacial score (nSPS) is 20.7. The maximum absolute atomic E-state index is 14.1. The first kappa shape index (κ1) is 27.2. The minimum absolute atomic E-state index is 0.101. The molecule has 11 nitrogen and oxygen atoms in total. The minimum Gasteiger partial charge on any atom is -0.478 e. The summed E-state index contributed by atoms with van der Waals surface area (Å²) in [5.41, 5.74) is 0.279. The molecule has 0 saturated carbocycles. The second-order valence-corrected chi connectivity index (χ2v) is 9.53. The number of carbonyl (C=O) groups excluding carboxylic acids is 1. The molecule has 3 aromatic rings. The molecule has 1 aromatic heterocycles. The number of hydrogen-bond acceptors (Lipinski definition) is 8.